The number of rotatable bonds is 4. The molecule has 0 aromatic heterocycles. The molecule has 1 aliphatic carbocycles. The smallest absolute Gasteiger partial charge is 0.392 e. The number of hydrogen-bond donors (Lipinski definition) is 2. The Hall–Kier alpha value is -1.27. The first-order valence-corrected chi connectivity index (χ1v) is 6.30. The summed E-state index contributed by atoms with van der Waals surface area (Å²) in [7, 11) is 0. The van der Waals surface area contributed by atoms with E-state index in [1.807, 2.05) is 0 Å². The van der Waals surface area contributed by atoms with Gasteiger partial charge in [0.15, 0.2) is 0 Å². The second kappa shape index (κ2) is 6.25. The normalized spacial score (nSPS) is 25.7. The molecule has 0 spiro atoms. The van der Waals surface area contributed by atoms with Crippen LogP contribution < -0.4 is 5.32 Å². The van der Waals surface area contributed by atoms with E-state index in [2.05, 4.69) is 5.32 Å². The van der Waals surface area contributed by atoms with Crippen molar-refractivity contribution >= 4 is 11.9 Å². The summed E-state index contributed by atoms with van der Waals surface area (Å²) in [4.78, 5) is 22.4. The van der Waals surface area contributed by atoms with Crippen molar-refractivity contribution in [2.24, 2.45) is 17.8 Å². The lowest BCUT2D eigenvalue weighted by Gasteiger charge is -2.32. The molecule has 0 saturated heterocycles. The minimum Gasteiger partial charge on any atom is -0.481 e. The minimum absolute atomic E-state index is 0.0317. The Morgan fingerprint density at radius 2 is 1.89 bits per heavy atom. The number of alkyl halides is 3. The van der Waals surface area contributed by atoms with Gasteiger partial charge in [-0.3, -0.25) is 9.59 Å². The van der Waals surface area contributed by atoms with E-state index in [1.165, 1.54) is 6.92 Å². The Bertz CT molecular complexity index is 344. The van der Waals surface area contributed by atoms with Gasteiger partial charge in [-0.2, -0.15) is 13.2 Å². The Kier molecular flexibility index (Phi) is 5.20. The summed E-state index contributed by atoms with van der Waals surface area (Å²) in [5, 5.41) is 11.0. The molecule has 1 saturated carbocycles. The number of hydrogen-bond acceptors (Lipinski definition) is 2. The molecule has 4 nitrogen and oxygen atoms in total. The average Bonchev–Trinajstić information content (AvgIpc) is 2.34. The van der Waals surface area contributed by atoms with Crippen LogP contribution in [0, 0.1) is 17.8 Å². The molecule has 110 valence electrons. The molecule has 0 aromatic carbocycles. The van der Waals surface area contributed by atoms with Crippen LogP contribution in [0.25, 0.3) is 0 Å². The quantitative estimate of drug-likeness (QED) is 0.830. The van der Waals surface area contributed by atoms with Gasteiger partial charge in [-0.1, -0.05) is 19.8 Å². The second-order valence-electron chi connectivity index (χ2n) is 5.02. The molecule has 19 heavy (non-hydrogen) atoms. The lowest BCUT2D eigenvalue weighted by atomic mass is 9.78. The van der Waals surface area contributed by atoms with Gasteiger partial charge in [0, 0.05) is 12.5 Å². The lowest BCUT2D eigenvalue weighted by molar-refractivity contribution is -0.198. The Morgan fingerprint density at radius 3 is 2.42 bits per heavy atom. The third-order valence-electron chi connectivity index (χ3n) is 3.53. The molecule has 7 heteroatoms. The van der Waals surface area contributed by atoms with Gasteiger partial charge in [-0.25, -0.2) is 0 Å². The number of amides is 1. The maximum absolute atomic E-state index is 12.8. The van der Waals surface area contributed by atoms with E-state index in [-0.39, 0.29) is 19.4 Å². The van der Waals surface area contributed by atoms with Gasteiger partial charge < -0.3 is 10.4 Å². The van der Waals surface area contributed by atoms with Crippen LogP contribution in [-0.2, 0) is 9.59 Å². The van der Waals surface area contributed by atoms with Gasteiger partial charge in [0.1, 0.15) is 0 Å². The fourth-order valence-electron chi connectivity index (χ4n) is 2.31. The fourth-order valence-corrected chi connectivity index (χ4v) is 2.31. The molecule has 1 fully saturated rings. The Labute approximate surface area is 109 Å². The highest BCUT2D eigenvalue weighted by molar-refractivity contribution is 5.80. The van der Waals surface area contributed by atoms with E-state index in [0.717, 1.165) is 0 Å². The highest BCUT2D eigenvalue weighted by Gasteiger charge is 2.47. The molecule has 0 radical (unpaired) electrons. The van der Waals surface area contributed by atoms with Crippen LogP contribution in [-0.4, -0.2) is 29.7 Å². The predicted molar refractivity (Wildman–Crippen MR) is 61.3 cm³/mol. The molecular formula is C12H18F3NO3. The van der Waals surface area contributed by atoms with E-state index < -0.39 is 35.8 Å². The molecule has 1 rings (SSSR count). The van der Waals surface area contributed by atoms with Crippen molar-refractivity contribution in [3.63, 3.8) is 0 Å². The number of carbonyl (C=O) groups is 2. The third-order valence-corrected chi connectivity index (χ3v) is 3.53. The molecule has 0 aliphatic heterocycles. The maximum Gasteiger partial charge on any atom is 0.392 e. The summed E-state index contributed by atoms with van der Waals surface area (Å²) in [6.07, 6.45) is -3.13. The molecule has 0 bridgehead atoms. The number of nitrogens with one attached hydrogen (secondary N) is 1. The molecule has 2 N–H and O–H groups in total. The summed E-state index contributed by atoms with van der Waals surface area (Å²) in [6.45, 7) is 1.25. The summed E-state index contributed by atoms with van der Waals surface area (Å²) in [5.41, 5.74) is 0. The minimum atomic E-state index is -4.37. The van der Waals surface area contributed by atoms with Crippen LogP contribution in [0.4, 0.5) is 13.2 Å². The topological polar surface area (TPSA) is 66.4 Å². The fraction of sp³-hybridized carbons (Fsp3) is 0.833. The van der Waals surface area contributed by atoms with Crippen molar-refractivity contribution in [2.45, 2.75) is 38.8 Å². The first-order valence-electron chi connectivity index (χ1n) is 6.30. The summed E-state index contributed by atoms with van der Waals surface area (Å²) < 4.78 is 38.4. The van der Waals surface area contributed by atoms with Gasteiger partial charge in [0.05, 0.1) is 11.8 Å². The average molecular weight is 281 g/mol. The first kappa shape index (κ1) is 15.8. The Morgan fingerprint density at radius 1 is 1.32 bits per heavy atom. The molecule has 3 unspecified atom stereocenters. The molecule has 3 atom stereocenters. The maximum atomic E-state index is 12.8. The van der Waals surface area contributed by atoms with Gasteiger partial charge in [-0.15, -0.1) is 0 Å². The van der Waals surface area contributed by atoms with Crippen LogP contribution in [0.3, 0.4) is 0 Å². The van der Waals surface area contributed by atoms with Crippen molar-refractivity contribution in [1.82, 2.24) is 5.32 Å². The second-order valence-corrected chi connectivity index (χ2v) is 5.02. The highest BCUT2D eigenvalue weighted by Crippen LogP contribution is 2.41. The van der Waals surface area contributed by atoms with E-state index in [1.54, 1.807) is 0 Å². The van der Waals surface area contributed by atoms with Gasteiger partial charge in [0.2, 0.25) is 5.91 Å². The summed E-state index contributed by atoms with van der Waals surface area (Å²) in [5.74, 6) is -5.28. The number of carboxylic acid groups (broad SMARTS) is 1. The van der Waals surface area contributed by atoms with E-state index in [0.29, 0.717) is 12.8 Å². The lowest BCUT2D eigenvalue weighted by Crippen LogP contribution is -2.44. The summed E-state index contributed by atoms with van der Waals surface area (Å²) >= 11 is 0. The van der Waals surface area contributed by atoms with E-state index >= 15 is 0 Å². The van der Waals surface area contributed by atoms with Crippen LogP contribution >= 0.6 is 0 Å². The molecule has 1 amide bonds. The zero-order valence-electron chi connectivity index (χ0n) is 10.7. The van der Waals surface area contributed by atoms with Crippen LogP contribution in [0.5, 0.6) is 0 Å². The number of aliphatic carboxylic acids is 1. The van der Waals surface area contributed by atoms with Crippen molar-refractivity contribution < 1.29 is 27.9 Å². The molecule has 0 heterocycles. The monoisotopic (exact) mass is 281 g/mol. The van der Waals surface area contributed by atoms with Crippen molar-refractivity contribution in [1.29, 1.82) is 0 Å². The highest BCUT2D eigenvalue weighted by atomic mass is 19.4. The largest absolute Gasteiger partial charge is 0.481 e. The third kappa shape index (κ3) is 4.40. The van der Waals surface area contributed by atoms with Crippen molar-refractivity contribution in [3.05, 3.63) is 0 Å². The van der Waals surface area contributed by atoms with E-state index in [9.17, 15) is 22.8 Å². The van der Waals surface area contributed by atoms with Crippen LogP contribution in [0.1, 0.15) is 32.6 Å². The molecule has 0 aromatic rings. The first-order chi connectivity index (χ1) is 8.73. The number of carbonyl (C=O) groups excluding carboxylic acids is 1. The predicted octanol–water partition coefficient (Wildman–Crippen LogP) is 2.19. The zero-order valence-corrected chi connectivity index (χ0v) is 10.7. The van der Waals surface area contributed by atoms with Gasteiger partial charge in [-0.05, 0) is 12.8 Å². The van der Waals surface area contributed by atoms with Crippen LogP contribution in [0.2, 0.25) is 0 Å². The zero-order chi connectivity index (χ0) is 14.6. The number of carboxylic acids is 1. The number of halogens is 3. The van der Waals surface area contributed by atoms with E-state index in [4.69, 9.17) is 5.11 Å². The van der Waals surface area contributed by atoms with Crippen LogP contribution in [0.15, 0.2) is 0 Å². The molecule has 1 aliphatic rings. The SMILES string of the molecule is CC(CNC(=O)C1CCCCC1C(F)(F)F)C(=O)O. The Balaban J connectivity index is 2.60. The van der Waals surface area contributed by atoms with Crippen molar-refractivity contribution in [2.75, 3.05) is 6.54 Å². The standard InChI is InChI=1S/C12H18F3NO3/c1-7(11(18)19)6-16-10(17)8-4-2-3-5-9(8)12(13,14)15/h7-9H,2-6H2,1H3,(H,16,17)(H,18,19). The molecular weight excluding hydrogens is 263 g/mol. The van der Waals surface area contributed by atoms with Gasteiger partial charge in [0.25, 0.3) is 0 Å². The van der Waals surface area contributed by atoms with Gasteiger partial charge >= 0.3 is 12.1 Å². The van der Waals surface area contributed by atoms with Crippen molar-refractivity contribution in [3.8, 4) is 0 Å². The summed E-state index contributed by atoms with van der Waals surface area (Å²) in [6, 6.07) is 0.